The number of carbonyl (C=O) groups is 2. The van der Waals surface area contributed by atoms with E-state index in [-0.39, 0.29) is 17.9 Å². The highest BCUT2D eigenvalue weighted by Crippen LogP contribution is 2.20. The molecule has 1 aliphatic rings. The summed E-state index contributed by atoms with van der Waals surface area (Å²) in [6, 6.07) is 7.67. The first-order valence-corrected chi connectivity index (χ1v) is 10.2. The smallest absolute Gasteiger partial charge is 0.247 e. The predicted octanol–water partition coefficient (Wildman–Crippen LogP) is 3.55. The molecule has 1 aromatic carbocycles. The lowest BCUT2D eigenvalue weighted by Crippen LogP contribution is -2.61. The summed E-state index contributed by atoms with van der Waals surface area (Å²) in [6.45, 7) is 9.01. The number of hydrogen-bond donors (Lipinski definition) is 1. The summed E-state index contributed by atoms with van der Waals surface area (Å²) in [5.74, 6) is 0.693. The first-order valence-electron chi connectivity index (χ1n) is 10.2. The summed E-state index contributed by atoms with van der Waals surface area (Å²) >= 11 is 0. The van der Waals surface area contributed by atoms with Gasteiger partial charge in [0.15, 0.2) is 0 Å². The number of carbonyl (C=O) groups excluding carboxylic acids is 2. The molecule has 28 heavy (non-hydrogen) atoms. The molecule has 1 aromatic rings. The van der Waals surface area contributed by atoms with Gasteiger partial charge in [-0.15, -0.1) is 0 Å². The van der Waals surface area contributed by atoms with Crippen LogP contribution in [0.3, 0.4) is 0 Å². The van der Waals surface area contributed by atoms with E-state index in [4.69, 9.17) is 0 Å². The Hall–Kier alpha value is -2.30. The molecule has 0 bridgehead atoms. The van der Waals surface area contributed by atoms with Crippen LogP contribution in [-0.4, -0.2) is 49.4 Å². The largest absolute Gasteiger partial charge is 0.378 e. The Labute approximate surface area is 169 Å². The molecule has 1 aliphatic heterocycles. The number of rotatable bonds is 7. The molecule has 2 amide bonds. The van der Waals surface area contributed by atoms with Crippen molar-refractivity contribution in [3.05, 3.63) is 35.9 Å². The van der Waals surface area contributed by atoms with E-state index in [0.29, 0.717) is 24.8 Å². The van der Waals surface area contributed by atoms with Gasteiger partial charge < -0.3 is 15.1 Å². The number of anilines is 1. The third-order valence-electron chi connectivity index (χ3n) is 5.00. The second-order valence-electron chi connectivity index (χ2n) is 8.79. The van der Waals surface area contributed by atoms with Gasteiger partial charge in [0.1, 0.15) is 6.04 Å². The lowest BCUT2D eigenvalue weighted by atomic mass is 9.95. The van der Waals surface area contributed by atoms with Gasteiger partial charge in [0.05, 0.1) is 0 Å². The minimum absolute atomic E-state index is 0.0210. The lowest BCUT2D eigenvalue weighted by molar-refractivity contribution is -0.142. The van der Waals surface area contributed by atoms with E-state index in [2.05, 4.69) is 33.0 Å². The Bertz CT molecular complexity index is 692. The molecule has 0 aromatic heterocycles. The van der Waals surface area contributed by atoms with Gasteiger partial charge in [-0.2, -0.15) is 0 Å². The van der Waals surface area contributed by atoms with Gasteiger partial charge in [0.2, 0.25) is 11.8 Å². The van der Waals surface area contributed by atoms with E-state index >= 15 is 0 Å². The maximum atomic E-state index is 13.0. The fourth-order valence-corrected chi connectivity index (χ4v) is 3.62. The standard InChI is InChI=1S/C23H35N3O2/c1-16(2)13-19-15-26(21(14-17(3)4)23(28)24-19)22(27)12-9-18-7-10-20(11-8-18)25(5)6/h7-12,16-17,19,21H,13-15H2,1-6H3,(H,24,28)/b12-9+/t19-,21-/m0/s1. The van der Waals surface area contributed by atoms with E-state index in [9.17, 15) is 9.59 Å². The number of piperazine rings is 1. The van der Waals surface area contributed by atoms with E-state index in [1.807, 2.05) is 49.3 Å². The van der Waals surface area contributed by atoms with Crippen LogP contribution in [0.1, 0.15) is 46.1 Å². The van der Waals surface area contributed by atoms with Crippen LogP contribution in [0.15, 0.2) is 30.3 Å². The van der Waals surface area contributed by atoms with Crippen LogP contribution in [0, 0.1) is 11.8 Å². The van der Waals surface area contributed by atoms with E-state index < -0.39 is 6.04 Å². The fraction of sp³-hybridized carbons (Fsp3) is 0.565. The average Bonchev–Trinajstić information content (AvgIpc) is 2.61. The minimum Gasteiger partial charge on any atom is -0.378 e. The molecule has 0 aliphatic carbocycles. The molecule has 0 unspecified atom stereocenters. The minimum atomic E-state index is -0.392. The monoisotopic (exact) mass is 385 g/mol. The van der Waals surface area contributed by atoms with E-state index in [1.165, 1.54) is 0 Å². The molecule has 1 fully saturated rings. The SMILES string of the molecule is CC(C)C[C@H]1CN(C(=O)/C=C/c2ccc(N(C)C)cc2)[C@@H](CC(C)C)C(=O)N1. The molecule has 1 saturated heterocycles. The summed E-state index contributed by atoms with van der Waals surface area (Å²) in [7, 11) is 4.00. The Morgan fingerprint density at radius 1 is 1.14 bits per heavy atom. The van der Waals surface area contributed by atoms with Crippen LogP contribution in [0.2, 0.25) is 0 Å². The van der Waals surface area contributed by atoms with Crippen molar-refractivity contribution in [3.8, 4) is 0 Å². The Kier molecular flexibility index (Phi) is 7.67. The van der Waals surface area contributed by atoms with Gasteiger partial charge in [-0.25, -0.2) is 0 Å². The first-order chi connectivity index (χ1) is 13.2. The fourth-order valence-electron chi connectivity index (χ4n) is 3.62. The zero-order valence-corrected chi connectivity index (χ0v) is 18.1. The first kappa shape index (κ1) is 22.0. The van der Waals surface area contributed by atoms with Crippen molar-refractivity contribution in [2.45, 2.75) is 52.6 Å². The molecule has 5 heteroatoms. The van der Waals surface area contributed by atoms with Crippen molar-refractivity contribution in [1.29, 1.82) is 0 Å². The van der Waals surface area contributed by atoms with Crippen molar-refractivity contribution in [2.75, 3.05) is 25.5 Å². The van der Waals surface area contributed by atoms with Gasteiger partial charge >= 0.3 is 0 Å². The molecular formula is C23H35N3O2. The molecule has 5 nitrogen and oxygen atoms in total. The molecule has 154 valence electrons. The van der Waals surface area contributed by atoms with E-state index in [0.717, 1.165) is 17.7 Å². The Morgan fingerprint density at radius 2 is 1.75 bits per heavy atom. The number of benzene rings is 1. The Morgan fingerprint density at radius 3 is 2.29 bits per heavy atom. The molecule has 0 saturated carbocycles. The normalized spacial score (nSPS) is 20.1. The van der Waals surface area contributed by atoms with Crippen molar-refractivity contribution < 1.29 is 9.59 Å². The highest BCUT2D eigenvalue weighted by molar-refractivity contribution is 5.96. The number of nitrogens with zero attached hydrogens (tertiary/aromatic N) is 2. The number of hydrogen-bond acceptors (Lipinski definition) is 3. The highest BCUT2D eigenvalue weighted by Gasteiger charge is 2.36. The maximum Gasteiger partial charge on any atom is 0.247 e. The molecule has 1 N–H and O–H groups in total. The van der Waals surface area contributed by atoms with Gasteiger partial charge in [-0.05, 0) is 48.4 Å². The maximum absolute atomic E-state index is 13.0. The zero-order valence-electron chi connectivity index (χ0n) is 18.1. The molecule has 0 spiro atoms. The predicted molar refractivity (Wildman–Crippen MR) is 116 cm³/mol. The van der Waals surface area contributed by atoms with Gasteiger partial charge in [0, 0.05) is 38.4 Å². The highest BCUT2D eigenvalue weighted by atomic mass is 16.2. The number of nitrogens with one attached hydrogen (secondary N) is 1. The van der Waals surface area contributed by atoms with Gasteiger partial charge in [0.25, 0.3) is 0 Å². The van der Waals surface area contributed by atoms with Crippen LogP contribution >= 0.6 is 0 Å². The summed E-state index contributed by atoms with van der Waals surface area (Å²) in [5, 5.41) is 3.12. The molecule has 0 radical (unpaired) electrons. The second kappa shape index (κ2) is 9.76. The third-order valence-corrected chi connectivity index (χ3v) is 5.00. The van der Waals surface area contributed by atoms with Crippen LogP contribution in [0.5, 0.6) is 0 Å². The molecule has 1 heterocycles. The topological polar surface area (TPSA) is 52.7 Å². The van der Waals surface area contributed by atoms with Crippen LogP contribution in [0.4, 0.5) is 5.69 Å². The quantitative estimate of drug-likeness (QED) is 0.730. The summed E-state index contributed by atoms with van der Waals surface area (Å²) in [6.07, 6.45) is 4.98. The second-order valence-corrected chi connectivity index (χ2v) is 8.79. The van der Waals surface area contributed by atoms with Crippen molar-refractivity contribution in [2.24, 2.45) is 11.8 Å². The zero-order chi connectivity index (χ0) is 20.8. The molecule has 2 atom stereocenters. The van der Waals surface area contributed by atoms with Crippen molar-refractivity contribution >= 4 is 23.6 Å². The molecular weight excluding hydrogens is 350 g/mol. The lowest BCUT2D eigenvalue weighted by Gasteiger charge is -2.40. The average molecular weight is 386 g/mol. The van der Waals surface area contributed by atoms with E-state index in [1.54, 1.807) is 11.0 Å². The van der Waals surface area contributed by atoms with Gasteiger partial charge in [-0.3, -0.25) is 9.59 Å². The van der Waals surface area contributed by atoms with Crippen LogP contribution in [0.25, 0.3) is 6.08 Å². The van der Waals surface area contributed by atoms with Gasteiger partial charge in [-0.1, -0.05) is 39.8 Å². The van der Waals surface area contributed by atoms with Crippen molar-refractivity contribution in [3.63, 3.8) is 0 Å². The van der Waals surface area contributed by atoms with Crippen LogP contribution < -0.4 is 10.2 Å². The summed E-state index contributed by atoms with van der Waals surface area (Å²) in [4.78, 5) is 29.4. The number of amides is 2. The summed E-state index contributed by atoms with van der Waals surface area (Å²) in [5.41, 5.74) is 2.09. The van der Waals surface area contributed by atoms with Crippen molar-refractivity contribution in [1.82, 2.24) is 10.2 Å². The molecule has 2 rings (SSSR count). The third kappa shape index (κ3) is 6.11. The summed E-state index contributed by atoms with van der Waals surface area (Å²) < 4.78 is 0. The Balaban J connectivity index is 2.15. The van der Waals surface area contributed by atoms with Crippen LogP contribution in [-0.2, 0) is 9.59 Å².